The topological polar surface area (TPSA) is 67.2 Å². The fourth-order valence-electron chi connectivity index (χ4n) is 4.69. The number of rotatable bonds is 8. The second-order valence-corrected chi connectivity index (χ2v) is 8.97. The van der Waals surface area contributed by atoms with Crippen LogP contribution < -0.4 is 5.32 Å². The third-order valence-electron chi connectivity index (χ3n) is 6.05. The van der Waals surface area contributed by atoms with E-state index in [1.165, 1.54) is 6.42 Å². The van der Waals surface area contributed by atoms with Crippen molar-refractivity contribution in [2.75, 3.05) is 6.54 Å². The quantitative estimate of drug-likeness (QED) is 0.715. The summed E-state index contributed by atoms with van der Waals surface area (Å²) in [6.45, 7) is 9.00. The molecular weight excluding hydrogens is 376 g/mol. The third kappa shape index (κ3) is 5.21. The van der Waals surface area contributed by atoms with Crippen LogP contribution in [0, 0.1) is 5.92 Å². The summed E-state index contributed by atoms with van der Waals surface area (Å²) in [5.74, 6) is 1.26. The number of carbonyl (C=O) groups excluding carboxylic acids is 2. The molecule has 2 amide bonds. The van der Waals surface area contributed by atoms with Gasteiger partial charge in [-0.15, -0.1) is 0 Å². The molecule has 1 aromatic carbocycles. The van der Waals surface area contributed by atoms with Crippen LogP contribution in [0.4, 0.5) is 0 Å². The lowest BCUT2D eigenvalue weighted by molar-refractivity contribution is -0.135. The zero-order valence-electron chi connectivity index (χ0n) is 18.9. The summed E-state index contributed by atoms with van der Waals surface area (Å²) < 4.78 is 2.02. The summed E-state index contributed by atoms with van der Waals surface area (Å²) in [6, 6.07) is 8.21. The number of nitrogens with one attached hydrogen (secondary N) is 1. The summed E-state index contributed by atoms with van der Waals surface area (Å²) >= 11 is 0. The molecule has 0 spiro atoms. The van der Waals surface area contributed by atoms with Crippen LogP contribution >= 0.6 is 0 Å². The average molecular weight is 413 g/mol. The standard InChI is InChI=1S/C24H36N4O2/c1-17(2)28(18(3)4)23(29)16-27-21-13-9-8-12-20(21)26-22(27)14-15-25-24(30)19-10-6-5-7-11-19/h8-9,12-13,17-19H,5-7,10-11,14-16H2,1-4H3,(H,25,30). The maximum atomic E-state index is 13.1. The fraction of sp³-hybridized carbons (Fsp3) is 0.625. The number of hydrogen-bond acceptors (Lipinski definition) is 3. The molecule has 1 aliphatic carbocycles. The normalized spacial score (nSPS) is 15.1. The first kappa shape index (κ1) is 22.3. The first-order chi connectivity index (χ1) is 14.4. The molecule has 0 radical (unpaired) electrons. The molecule has 1 N–H and O–H groups in total. The molecule has 0 aliphatic heterocycles. The SMILES string of the molecule is CC(C)N(C(=O)Cn1c(CCNC(=O)C2CCCCC2)nc2ccccc21)C(C)C. The molecule has 1 aromatic heterocycles. The van der Waals surface area contributed by atoms with Crippen molar-refractivity contribution in [3.63, 3.8) is 0 Å². The summed E-state index contributed by atoms with van der Waals surface area (Å²) in [7, 11) is 0. The van der Waals surface area contributed by atoms with E-state index in [0.717, 1.165) is 42.5 Å². The van der Waals surface area contributed by atoms with Crippen LogP contribution in [0.25, 0.3) is 11.0 Å². The van der Waals surface area contributed by atoms with E-state index in [2.05, 4.69) is 5.32 Å². The minimum absolute atomic E-state index is 0.0932. The number of nitrogens with zero attached hydrogens (tertiary/aromatic N) is 3. The fourth-order valence-corrected chi connectivity index (χ4v) is 4.69. The highest BCUT2D eigenvalue weighted by atomic mass is 16.2. The molecule has 0 saturated heterocycles. The molecule has 1 fully saturated rings. The Balaban J connectivity index is 1.73. The van der Waals surface area contributed by atoms with E-state index < -0.39 is 0 Å². The van der Waals surface area contributed by atoms with E-state index >= 15 is 0 Å². The smallest absolute Gasteiger partial charge is 0.243 e. The molecule has 164 valence electrons. The van der Waals surface area contributed by atoms with Gasteiger partial charge in [0.1, 0.15) is 12.4 Å². The van der Waals surface area contributed by atoms with Crippen molar-refractivity contribution in [1.82, 2.24) is 19.8 Å². The first-order valence-electron chi connectivity index (χ1n) is 11.4. The Labute approximate surface area is 180 Å². The van der Waals surface area contributed by atoms with Crippen LogP contribution in [-0.2, 0) is 22.6 Å². The Morgan fingerprint density at radius 1 is 1.10 bits per heavy atom. The van der Waals surface area contributed by atoms with Crippen LogP contribution in [0.3, 0.4) is 0 Å². The molecule has 3 rings (SSSR count). The summed E-state index contributed by atoms with van der Waals surface area (Å²) in [5, 5.41) is 3.10. The maximum Gasteiger partial charge on any atom is 0.243 e. The minimum atomic E-state index is 0.0932. The van der Waals surface area contributed by atoms with Crippen molar-refractivity contribution in [3.05, 3.63) is 30.1 Å². The van der Waals surface area contributed by atoms with Crippen LogP contribution in [0.15, 0.2) is 24.3 Å². The number of amides is 2. The molecule has 1 heterocycles. The van der Waals surface area contributed by atoms with Crippen molar-refractivity contribution in [2.45, 2.75) is 84.8 Å². The highest BCUT2D eigenvalue weighted by Crippen LogP contribution is 2.23. The Hall–Kier alpha value is -2.37. The third-order valence-corrected chi connectivity index (χ3v) is 6.05. The molecule has 6 heteroatoms. The van der Waals surface area contributed by atoms with E-state index in [9.17, 15) is 9.59 Å². The van der Waals surface area contributed by atoms with Gasteiger partial charge < -0.3 is 14.8 Å². The molecule has 0 unspecified atom stereocenters. The number of imidazole rings is 1. The van der Waals surface area contributed by atoms with Crippen molar-refractivity contribution < 1.29 is 9.59 Å². The molecule has 0 bridgehead atoms. The number of aromatic nitrogens is 2. The first-order valence-corrected chi connectivity index (χ1v) is 11.4. The van der Waals surface area contributed by atoms with E-state index in [1.807, 2.05) is 61.4 Å². The lowest BCUT2D eigenvalue weighted by Crippen LogP contribution is -2.44. The van der Waals surface area contributed by atoms with Gasteiger partial charge in [-0.05, 0) is 52.7 Å². The Morgan fingerprint density at radius 2 is 1.77 bits per heavy atom. The summed E-state index contributed by atoms with van der Waals surface area (Å²) in [5.41, 5.74) is 1.85. The van der Waals surface area contributed by atoms with Gasteiger partial charge in [0.05, 0.1) is 11.0 Å². The van der Waals surface area contributed by atoms with Crippen LogP contribution in [0.2, 0.25) is 0 Å². The Morgan fingerprint density at radius 3 is 2.43 bits per heavy atom. The zero-order chi connectivity index (χ0) is 21.7. The second-order valence-electron chi connectivity index (χ2n) is 8.97. The van der Waals surface area contributed by atoms with Gasteiger partial charge in [-0.2, -0.15) is 0 Å². The number of fused-ring (bicyclic) bond motifs is 1. The highest BCUT2D eigenvalue weighted by Gasteiger charge is 2.23. The lowest BCUT2D eigenvalue weighted by Gasteiger charge is -2.31. The average Bonchev–Trinajstić information content (AvgIpc) is 3.05. The number of carbonyl (C=O) groups is 2. The zero-order valence-corrected chi connectivity index (χ0v) is 18.9. The van der Waals surface area contributed by atoms with Crippen LogP contribution in [-0.4, -0.2) is 44.9 Å². The number of benzene rings is 1. The molecule has 30 heavy (non-hydrogen) atoms. The van der Waals surface area contributed by atoms with Gasteiger partial charge in [0.15, 0.2) is 0 Å². The minimum Gasteiger partial charge on any atom is -0.355 e. The number of para-hydroxylation sites is 2. The van der Waals surface area contributed by atoms with Crippen LogP contribution in [0.5, 0.6) is 0 Å². The molecule has 2 aromatic rings. The lowest BCUT2D eigenvalue weighted by atomic mass is 9.89. The molecular formula is C24H36N4O2. The van der Waals surface area contributed by atoms with Gasteiger partial charge in [-0.25, -0.2) is 4.98 Å². The van der Waals surface area contributed by atoms with E-state index in [-0.39, 0.29) is 36.4 Å². The summed E-state index contributed by atoms with van der Waals surface area (Å²) in [6.07, 6.45) is 6.16. The monoisotopic (exact) mass is 412 g/mol. The maximum absolute atomic E-state index is 13.1. The van der Waals surface area contributed by atoms with Gasteiger partial charge in [-0.3, -0.25) is 9.59 Å². The van der Waals surface area contributed by atoms with Crippen LogP contribution in [0.1, 0.15) is 65.6 Å². The predicted molar refractivity (Wildman–Crippen MR) is 120 cm³/mol. The second kappa shape index (κ2) is 10.1. The van der Waals surface area contributed by atoms with Crippen molar-refractivity contribution >= 4 is 22.8 Å². The van der Waals surface area contributed by atoms with Gasteiger partial charge >= 0.3 is 0 Å². The van der Waals surface area contributed by atoms with E-state index in [0.29, 0.717) is 13.0 Å². The van der Waals surface area contributed by atoms with Crippen molar-refractivity contribution in [1.29, 1.82) is 0 Å². The molecule has 0 atom stereocenters. The summed E-state index contributed by atoms with van der Waals surface area (Å²) in [4.78, 5) is 32.2. The Kier molecular flexibility index (Phi) is 7.51. The predicted octanol–water partition coefficient (Wildman–Crippen LogP) is 3.92. The van der Waals surface area contributed by atoms with Gasteiger partial charge in [0.2, 0.25) is 11.8 Å². The molecule has 1 saturated carbocycles. The highest BCUT2D eigenvalue weighted by molar-refractivity contribution is 5.81. The van der Waals surface area contributed by atoms with Gasteiger partial charge in [0.25, 0.3) is 0 Å². The van der Waals surface area contributed by atoms with E-state index in [1.54, 1.807) is 0 Å². The Bertz CT molecular complexity index is 857. The number of hydrogen-bond donors (Lipinski definition) is 1. The van der Waals surface area contributed by atoms with Crippen molar-refractivity contribution in [3.8, 4) is 0 Å². The molecule has 1 aliphatic rings. The van der Waals surface area contributed by atoms with Crippen molar-refractivity contribution in [2.24, 2.45) is 5.92 Å². The van der Waals surface area contributed by atoms with E-state index in [4.69, 9.17) is 4.98 Å². The largest absolute Gasteiger partial charge is 0.355 e. The molecule has 6 nitrogen and oxygen atoms in total. The van der Waals surface area contributed by atoms with Gasteiger partial charge in [0, 0.05) is 31.0 Å². The van der Waals surface area contributed by atoms with Gasteiger partial charge in [-0.1, -0.05) is 31.4 Å².